The lowest BCUT2D eigenvalue weighted by molar-refractivity contribution is -0.128. The highest BCUT2D eigenvalue weighted by Gasteiger charge is 2.18. The highest BCUT2D eigenvalue weighted by Crippen LogP contribution is 2.06. The van der Waals surface area contributed by atoms with Crippen LogP contribution in [0.1, 0.15) is 25.6 Å². The largest absolute Gasteiger partial charge is 0.374 e. The minimum atomic E-state index is -0.313. The minimum Gasteiger partial charge on any atom is -0.374 e. The number of aryl methyl sites for hydroxylation is 1. The normalized spacial score (nSPS) is 12.7. The number of Topliss-reactive ketones (excluding diaryl/α,β-unsaturated/α-hetero) is 1. The molecule has 1 rings (SSSR count). The van der Waals surface area contributed by atoms with Gasteiger partial charge in [0.25, 0.3) is 0 Å². The quantitative estimate of drug-likeness (QED) is 0.696. The fourth-order valence-electron chi connectivity index (χ4n) is 1.42. The average molecular weight is 211 g/mol. The van der Waals surface area contributed by atoms with E-state index in [-0.39, 0.29) is 18.3 Å². The van der Waals surface area contributed by atoms with E-state index in [1.54, 1.807) is 18.8 Å². The van der Waals surface area contributed by atoms with Gasteiger partial charge < -0.3 is 4.74 Å². The molecule has 5 heteroatoms. The highest BCUT2D eigenvalue weighted by molar-refractivity contribution is 5.84. The molecule has 5 nitrogen and oxygen atoms in total. The predicted octanol–water partition coefficient (Wildman–Crippen LogP) is 0.742. The van der Waals surface area contributed by atoms with Gasteiger partial charge in [-0.25, -0.2) is 4.98 Å². The molecule has 0 radical (unpaired) electrons. The molecule has 0 amide bonds. The van der Waals surface area contributed by atoms with Gasteiger partial charge in [0, 0.05) is 14.2 Å². The summed E-state index contributed by atoms with van der Waals surface area (Å²) in [5.41, 5.74) is 0. The predicted molar refractivity (Wildman–Crippen MR) is 55.4 cm³/mol. The molecule has 0 fully saturated rings. The molecule has 1 aromatic rings. The molecule has 84 valence electrons. The van der Waals surface area contributed by atoms with Crippen molar-refractivity contribution in [1.82, 2.24) is 14.8 Å². The molecule has 0 aromatic carbocycles. The molecule has 0 aliphatic heterocycles. The number of carbonyl (C=O) groups is 1. The second-order valence-corrected chi connectivity index (χ2v) is 3.46. The second kappa shape index (κ2) is 5.60. The van der Waals surface area contributed by atoms with Crippen molar-refractivity contribution in [3.05, 3.63) is 12.2 Å². The van der Waals surface area contributed by atoms with Crippen LogP contribution in [-0.4, -0.2) is 33.8 Å². The molecule has 15 heavy (non-hydrogen) atoms. The van der Waals surface area contributed by atoms with Gasteiger partial charge in [0.1, 0.15) is 18.3 Å². The Balaban J connectivity index is 2.58. The molecular formula is C10H17N3O2. The molecule has 1 aromatic heterocycles. The van der Waals surface area contributed by atoms with Gasteiger partial charge in [0.05, 0.1) is 6.42 Å². The standard InChI is InChI=1S/C10H17N3O2/c1-4-5-9(15-3)8(14)6-10-11-7-12-13(10)2/h7,9H,4-6H2,1-3H3. The van der Waals surface area contributed by atoms with Crippen LogP contribution in [0.5, 0.6) is 0 Å². The van der Waals surface area contributed by atoms with Crippen molar-refractivity contribution in [3.8, 4) is 0 Å². The number of aromatic nitrogens is 3. The summed E-state index contributed by atoms with van der Waals surface area (Å²) in [5.74, 6) is 0.744. The fraction of sp³-hybridized carbons (Fsp3) is 0.700. The van der Waals surface area contributed by atoms with Crippen molar-refractivity contribution in [3.63, 3.8) is 0 Å². The Morgan fingerprint density at radius 2 is 2.40 bits per heavy atom. The van der Waals surface area contributed by atoms with Gasteiger partial charge in [-0.1, -0.05) is 13.3 Å². The van der Waals surface area contributed by atoms with Crippen LogP contribution in [0.15, 0.2) is 6.33 Å². The lowest BCUT2D eigenvalue weighted by Crippen LogP contribution is -2.25. The maximum Gasteiger partial charge on any atom is 0.169 e. The molecule has 0 saturated carbocycles. The Labute approximate surface area is 89.5 Å². The van der Waals surface area contributed by atoms with Gasteiger partial charge in [0.2, 0.25) is 0 Å². The Morgan fingerprint density at radius 1 is 1.67 bits per heavy atom. The Hall–Kier alpha value is -1.23. The van der Waals surface area contributed by atoms with Crippen LogP contribution in [0.4, 0.5) is 0 Å². The smallest absolute Gasteiger partial charge is 0.169 e. The number of hydrogen-bond donors (Lipinski definition) is 0. The molecule has 0 aliphatic rings. The second-order valence-electron chi connectivity index (χ2n) is 3.46. The number of ketones is 1. The Morgan fingerprint density at radius 3 is 2.87 bits per heavy atom. The molecule has 1 heterocycles. The average Bonchev–Trinajstić information content (AvgIpc) is 2.60. The lowest BCUT2D eigenvalue weighted by Gasteiger charge is -2.12. The SMILES string of the molecule is CCCC(OC)C(=O)Cc1ncnn1C. The van der Waals surface area contributed by atoms with Crippen molar-refractivity contribution >= 4 is 5.78 Å². The summed E-state index contributed by atoms with van der Waals surface area (Å²) < 4.78 is 6.74. The van der Waals surface area contributed by atoms with E-state index in [0.717, 1.165) is 12.8 Å². The van der Waals surface area contributed by atoms with Gasteiger partial charge in [0.15, 0.2) is 5.78 Å². The lowest BCUT2D eigenvalue weighted by atomic mass is 10.1. The molecule has 0 bridgehead atoms. The first kappa shape index (κ1) is 11.8. The monoisotopic (exact) mass is 211 g/mol. The number of rotatable bonds is 6. The third-order valence-corrected chi connectivity index (χ3v) is 2.33. The highest BCUT2D eigenvalue weighted by atomic mass is 16.5. The van der Waals surface area contributed by atoms with Gasteiger partial charge in [-0.05, 0) is 6.42 Å². The summed E-state index contributed by atoms with van der Waals surface area (Å²) in [4.78, 5) is 15.8. The van der Waals surface area contributed by atoms with E-state index < -0.39 is 0 Å². The number of hydrogen-bond acceptors (Lipinski definition) is 4. The van der Waals surface area contributed by atoms with Crippen LogP contribution in [0.25, 0.3) is 0 Å². The maximum absolute atomic E-state index is 11.8. The van der Waals surface area contributed by atoms with Crippen LogP contribution in [-0.2, 0) is 23.0 Å². The Kier molecular flexibility index (Phi) is 4.42. The van der Waals surface area contributed by atoms with Crippen LogP contribution in [0.2, 0.25) is 0 Å². The molecule has 1 unspecified atom stereocenters. The summed E-state index contributed by atoms with van der Waals surface area (Å²) in [6.45, 7) is 2.03. The van der Waals surface area contributed by atoms with Crippen molar-refractivity contribution < 1.29 is 9.53 Å². The molecule has 0 saturated heterocycles. The number of ether oxygens (including phenoxy) is 1. The first-order chi connectivity index (χ1) is 7.19. The van der Waals surface area contributed by atoms with E-state index in [9.17, 15) is 4.79 Å². The fourth-order valence-corrected chi connectivity index (χ4v) is 1.42. The van der Waals surface area contributed by atoms with Crippen LogP contribution in [0, 0.1) is 0 Å². The van der Waals surface area contributed by atoms with Crippen molar-refractivity contribution in [1.29, 1.82) is 0 Å². The maximum atomic E-state index is 11.8. The van der Waals surface area contributed by atoms with E-state index in [2.05, 4.69) is 10.1 Å². The molecule has 0 aliphatic carbocycles. The van der Waals surface area contributed by atoms with Crippen LogP contribution < -0.4 is 0 Å². The zero-order valence-electron chi connectivity index (χ0n) is 9.43. The van der Waals surface area contributed by atoms with Crippen molar-refractivity contribution in [2.45, 2.75) is 32.3 Å². The van der Waals surface area contributed by atoms with Crippen LogP contribution >= 0.6 is 0 Å². The summed E-state index contributed by atoms with van der Waals surface area (Å²) in [6.07, 6.45) is 3.11. The number of nitrogens with zero attached hydrogens (tertiary/aromatic N) is 3. The van der Waals surface area contributed by atoms with Gasteiger partial charge in [-0.2, -0.15) is 5.10 Å². The zero-order chi connectivity index (χ0) is 11.3. The summed E-state index contributed by atoms with van der Waals surface area (Å²) in [6, 6.07) is 0. The summed E-state index contributed by atoms with van der Waals surface area (Å²) in [7, 11) is 3.34. The topological polar surface area (TPSA) is 57.0 Å². The Bertz CT molecular complexity index is 322. The van der Waals surface area contributed by atoms with E-state index >= 15 is 0 Å². The third kappa shape index (κ3) is 3.13. The van der Waals surface area contributed by atoms with E-state index in [1.807, 2.05) is 6.92 Å². The van der Waals surface area contributed by atoms with Gasteiger partial charge in [-0.3, -0.25) is 9.48 Å². The molecule has 0 spiro atoms. The summed E-state index contributed by atoms with van der Waals surface area (Å²) >= 11 is 0. The van der Waals surface area contributed by atoms with Crippen LogP contribution in [0.3, 0.4) is 0 Å². The number of carbonyl (C=O) groups excluding carboxylic acids is 1. The van der Waals surface area contributed by atoms with E-state index in [0.29, 0.717) is 5.82 Å². The van der Waals surface area contributed by atoms with E-state index in [1.165, 1.54) is 6.33 Å². The van der Waals surface area contributed by atoms with Gasteiger partial charge >= 0.3 is 0 Å². The summed E-state index contributed by atoms with van der Waals surface area (Å²) in [5, 5.41) is 3.91. The molecular weight excluding hydrogens is 194 g/mol. The van der Waals surface area contributed by atoms with Crippen molar-refractivity contribution in [2.24, 2.45) is 7.05 Å². The van der Waals surface area contributed by atoms with Gasteiger partial charge in [-0.15, -0.1) is 0 Å². The minimum absolute atomic E-state index is 0.0652. The first-order valence-corrected chi connectivity index (χ1v) is 5.07. The third-order valence-electron chi connectivity index (χ3n) is 2.33. The number of methoxy groups -OCH3 is 1. The van der Waals surface area contributed by atoms with E-state index in [4.69, 9.17) is 4.74 Å². The zero-order valence-corrected chi connectivity index (χ0v) is 9.43. The molecule has 1 atom stereocenters. The van der Waals surface area contributed by atoms with Crippen molar-refractivity contribution in [2.75, 3.05) is 7.11 Å². The molecule has 0 N–H and O–H groups in total. The first-order valence-electron chi connectivity index (χ1n) is 5.07.